The Morgan fingerprint density at radius 2 is 1.77 bits per heavy atom. The van der Waals surface area contributed by atoms with E-state index in [1.165, 1.54) is 26.4 Å². The number of aromatic nitrogens is 1. The van der Waals surface area contributed by atoms with Gasteiger partial charge in [-0.1, -0.05) is 43.5 Å². The van der Waals surface area contributed by atoms with Gasteiger partial charge in [-0.2, -0.15) is 0 Å². The van der Waals surface area contributed by atoms with Gasteiger partial charge in [-0.15, -0.1) is 0 Å². The summed E-state index contributed by atoms with van der Waals surface area (Å²) in [7, 11) is 1.33. The van der Waals surface area contributed by atoms with Crippen LogP contribution in [0.4, 0.5) is 0 Å². The van der Waals surface area contributed by atoms with Crippen molar-refractivity contribution in [2.75, 3.05) is 20.3 Å². The van der Waals surface area contributed by atoms with Crippen molar-refractivity contribution in [3.05, 3.63) is 41.6 Å². The largest absolute Gasteiger partial charge is 0.481 e. The highest BCUT2D eigenvalue weighted by Gasteiger charge is 2.28. The highest BCUT2D eigenvalue weighted by atomic mass is 16.6. The number of hydrogen-bond acceptors (Lipinski definition) is 5. The zero-order chi connectivity index (χ0) is 22.0. The number of carbonyl (C=O) groups is 2. The van der Waals surface area contributed by atoms with Gasteiger partial charge in [0.25, 0.3) is 0 Å². The Balaban J connectivity index is 2.00. The van der Waals surface area contributed by atoms with Crippen LogP contribution in [0.3, 0.4) is 0 Å². The number of fused-ring (bicyclic) bond motifs is 3. The molecule has 0 amide bonds. The van der Waals surface area contributed by atoms with Gasteiger partial charge in [-0.25, -0.2) is 9.59 Å². The summed E-state index contributed by atoms with van der Waals surface area (Å²) in [6, 6.07) is 10.2. The summed E-state index contributed by atoms with van der Waals surface area (Å²) in [6.07, 6.45) is 5.84. The summed E-state index contributed by atoms with van der Waals surface area (Å²) >= 11 is 0. The zero-order valence-corrected chi connectivity index (χ0v) is 18.4. The summed E-state index contributed by atoms with van der Waals surface area (Å²) in [4.78, 5) is 24.7. The number of benzene rings is 2. The predicted octanol–water partition coefficient (Wildman–Crippen LogP) is 5.34. The average molecular weight is 424 g/mol. The molecule has 1 saturated carbocycles. The second kappa shape index (κ2) is 9.00. The highest BCUT2D eigenvalue weighted by Crippen LogP contribution is 2.42. The van der Waals surface area contributed by atoms with Gasteiger partial charge in [0.1, 0.15) is 5.75 Å². The highest BCUT2D eigenvalue weighted by molar-refractivity contribution is 6.16. The van der Waals surface area contributed by atoms with Crippen molar-refractivity contribution in [3.63, 3.8) is 0 Å². The molecule has 4 rings (SSSR count). The van der Waals surface area contributed by atoms with Gasteiger partial charge >= 0.3 is 11.9 Å². The minimum Gasteiger partial charge on any atom is -0.481 e. The van der Waals surface area contributed by atoms with Gasteiger partial charge in [0.05, 0.1) is 24.8 Å². The SMILES string of the molecule is CCOC(=O)c1c(C)n(C2CCCCC2)c2c1cc(OCC(=O)OC)c1ccccc12. The molecular weight excluding hydrogens is 394 g/mol. The molecule has 31 heavy (non-hydrogen) atoms. The number of ether oxygens (including phenoxy) is 3. The van der Waals surface area contributed by atoms with E-state index in [0.29, 0.717) is 24.0 Å². The van der Waals surface area contributed by atoms with Crippen molar-refractivity contribution in [1.29, 1.82) is 0 Å². The van der Waals surface area contributed by atoms with Gasteiger partial charge in [-0.3, -0.25) is 0 Å². The number of nitrogens with zero attached hydrogens (tertiary/aromatic N) is 1. The van der Waals surface area contributed by atoms with Crippen molar-refractivity contribution >= 4 is 33.6 Å². The van der Waals surface area contributed by atoms with E-state index in [4.69, 9.17) is 14.2 Å². The summed E-state index contributed by atoms with van der Waals surface area (Å²) in [5.74, 6) is -0.223. The normalized spacial score (nSPS) is 14.7. The first kappa shape index (κ1) is 21.2. The fourth-order valence-corrected chi connectivity index (χ4v) is 4.83. The Morgan fingerprint density at radius 1 is 1.06 bits per heavy atom. The molecule has 6 heteroatoms. The molecule has 2 aromatic carbocycles. The first-order valence-electron chi connectivity index (χ1n) is 11.0. The first-order chi connectivity index (χ1) is 15.1. The quantitative estimate of drug-likeness (QED) is 0.501. The third-order valence-corrected chi connectivity index (χ3v) is 6.20. The fourth-order valence-electron chi connectivity index (χ4n) is 4.83. The molecule has 1 aliphatic rings. The fraction of sp³-hybridized carbons (Fsp3) is 0.440. The minimum absolute atomic E-state index is 0.191. The van der Waals surface area contributed by atoms with E-state index in [1.807, 2.05) is 38.1 Å². The molecule has 0 radical (unpaired) electrons. The van der Waals surface area contributed by atoms with Crippen molar-refractivity contribution in [2.24, 2.45) is 0 Å². The Kier molecular flexibility index (Phi) is 6.16. The Labute approximate surface area is 182 Å². The molecule has 164 valence electrons. The lowest BCUT2D eigenvalue weighted by atomic mass is 9.94. The summed E-state index contributed by atoms with van der Waals surface area (Å²) in [6.45, 7) is 3.94. The summed E-state index contributed by atoms with van der Waals surface area (Å²) in [5.41, 5.74) is 2.54. The second-order valence-corrected chi connectivity index (χ2v) is 8.02. The molecule has 1 fully saturated rings. The molecule has 0 spiro atoms. The van der Waals surface area contributed by atoms with Gasteiger partial charge < -0.3 is 18.8 Å². The van der Waals surface area contributed by atoms with Crippen LogP contribution in [-0.4, -0.2) is 36.8 Å². The van der Waals surface area contributed by atoms with E-state index in [2.05, 4.69) is 10.6 Å². The molecule has 0 unspecified atom stereocenters. The van der Waals surface area contributed by atoms with E-state index in [0.717, 1.165) is 40.2 Å². The van der Waals surface area contributed by atoms with Gasteiger partial charge in [0.2, 0.25) is 0 Å². The van der Waals surface area contributed by atoms with Gasteiger partial charge in [0.15, 0.2) is 6.61 Å². The smallest absolute Gasteiger partial charge is 0.343 e. The molecule has 1 heterocycles. The Bertz CT molecular complexity index is 1120. The lowest BCUT2D eigenvalue weighted by Gasteiger charge is -2.26. The van der Waals surface area contributed by atoms with Crippen LogP contribution in [0.15, 0.2) is 30.3 Å². The molecule has 0 atom stereocenters. The maximum absolute atomic E-state index is 13.0. The minimum atomic E-state index is -0.453. The van der Waals surface area contributed by atoms with Gasteiger partial charge in [0, 0.05) is 27.9 Å². The van der Waals surface area contributed by atoms with E-state index in [-0.39, 0.29) is 12.6 Å². The Morgan fingerprint density at radius 3 is 2.45 bits per heavy atom. The molecule has 0 aliphatic heterocycles. The van der Waals surface area contributed by atoms with Crippen LogP contribution in [0.25, 0.3) is 21.7 Å². The monoisotopic (exact) mass is 423 g/mol. The number of rotatable bonds is 6. The second-order valence-electron chi connectivity index (χ2n) is 8.02. The van der Waals surface area contributed by atoms with Crippen LogP contribution in [0.2, 0.25) is 0 Å². The van der Waals surface area contributed by atoms with Crippen LogP contribution >= 0.6 is 0 Å². The Hall–Kier alpha value is -3.02. The summed E-state index contributed by atoms with van der Waals surface area (Å²) in [5, 5.41) is 2.72. The molecule has 0 saturated heterocycles. The van der Waals surface area contributed by atoms with Crippen LogP contribution in [0.5, 0.6) is 5.75 Å². The van der Waals surface area contributed by atoms with Gasteiger partial charge in [-0.05, 0) is 32.8 Å². The molecule has 0 bridgehead atoms. The van der Waals surface area contributed by atoms with E-state index in [9.17, 15) is 9.59 Å². The van der Waals surface area contributed by atoms with E-state index in [1.54, 1.807) is 0 Å². The van der Waals surface area contributed by atoms with Crippen LogP contribution in [0, 0.1) is 6.92 Å². The van der Waals surface area contributed by atoms with E-state index < -0.39 is 5.97 Å². The third kappa shape index (κ3) is 3.87. The van der Waals surface area contributed by atoms with E-state index >= 15 is 0 Å². The lowest BCUT2D eigenvalue weighted by Crippen LogP contribution is -2.15. The van der Waals surface area contributed by atoms with Crippen molar-refractivity contribution in [3.8, 4) is 5.75 Å². The topological polar surface area (TPSA) is 66.8 Å². The maximum Gasteiger partial charge on any atom is 0.343 e. The first-order valence-corrected chi connectivity index (χ1v) is 11.0. The molecule has 6 nitrogen and oxygen atoms in total. The molecular formula is C25H29NO5. The zero-order valence-electron chi connectivity index (χ0n) is 18.4. The lowest BCUT2D eigenvalue weighted by molar-refractivity contribution is -0.142. The summed E-state index contributed by atoms with van der Waals surface area (Å²) < 4.78 is 18.3. The van der Waals surface area contributed by atoms with Crippen molar-refractivity contribution in [1.82, 2.24) is 4.57 Å². The molecule has 3 aromatic rings. The van der Waals surface area contributed by atoms with Crippen LogP contribution < -0.4 is 4.74 Å². The predicted molar refractivity (Wildman–Crippen MR) is 120 cm³/mol. The average Bonchev–Trinajstić information content (AvgIpc) is 3.09. The molecule has 1 aromatic heterocycles. The number of methoxy groups -OCH3 is 1. The van der Waals surface area contributed by atoms with Crippen molar-refractivity contribution < 1.29 is 23.8 Å². The number of hydrogen-bond donors (Lipinski definition) is 0. The van der Waals surface area contributed by atoms with Crippen LogP contribution in [-0.2, 0) is 14.3 Å². The standard InChI is InChI=1S/C25H29NO5/c1-4-30-25(28)23-16(2)26(17-10-6-5-7-11-17)24-19-13-9-8-12-18(19)21(14-20(23)24)31-15-22(27)29-3/h8-9,12-14,17H,4-7,10-11,15H2,1-3H3. The maximum atomic E-state index is 13.0. The molecule has 1 aliphatic carbocycles. The van der Waals surface area contributed by atoms with Crippen LogP contribution in [0.1, 0.15) is 61.1 Å². The number of carbonyl (C=O) groups excluding carboxylic acids is 2. The molecule has 0 N–H and O–H groups in total. The van der Waals surface area contributed by atoms with Crippen molar-refractivity contribution in [2.45, 2.75) is 52.0 Å². The number of esters is 2. The third-order valence-electron chi connectivity index (χ3n) is 6.20.